The molecule has 0 amide bonds. The molecule has 0 atom stereocenters. The van der Waals surface area contributed by atoms with Crippen molar-refractivity contribution in [3.05, 3.63) is 95.1 Å². The summed E-state index contributed by atoms with van der Waals surface area (Å²) in [5.41, 5.74) is 4.05. The molecule has 0 aliphatic heterocycles. The van der Waals surface area contributed by atoms with Gasteiger partial charge in [0.25, 0.3) is 0 Å². The molecule has 0 unspecified atom stereocenters. The SMILES string of the molecule is COc1ccc(COC(=O)OCc2ccc(OCc3ccc(C)cc3)cc2)cc1. The van der Waals surface area contributed by atoms with E-state index in [1.807, 2.05) is 48.5 Å². The van der Waals surface area contributed by atoms with Gasteiger partial charge in [-0.3, -0.25) is 0 Å². The summed E-state index contributed by atoms with van der Waals surface area (Å²) in [7, 11) is 1.60. The van der Waals surface area contributed by atoms with Crippen molar-refractivity contribution in [2.24, 2.45) is 0 Å². The third kappa shape index (κ3) is 6.57. The van der Waals surface area contributed by atoms with E-state index in [0.29, 0.717) is 6.61 Å². The van der Waals surface area contributed by atoms with E-state index in [0.717, 1.165) is 28.2 Å². The van der Waals surface area contributed by atoms with E-state index in [9.17, 15) is 4.79 Å². The highest BCUT2D eigenvalue weighted by atomic mass is 16.7. The number of methoxy groups -OCH3 is 1. The van der Waals surface area contributed by atoms with Crippen LogP contribution >= 0.6 is 0 Å². The van der Waals surface area contributed by atoms with Crippen molar-refractivity contribution in [2.45, 2.75) is 26.7 Å². The zero-order valence-corrected chi connectivity index (χ0v) is 16.6. The van der Waals surface area contributed by atoms with Crippen molar-refractivity contribution in [1.82, 2.24) is 0 Å². The van der Waals surface area contributed by atoms with Crippen molar-refractivity contribution in [3.63, 3.8) is 0 Å². The van der Waals surface area contributed by atoms with Gasteiger partial charge in [0.15, 0.2) is 0 Å². The summed E-state index contributed by atoms with van der Waals surface area (Å²) in [6.45, 7) is 2.85. The summed E-state index contributed by atoms with van der Waals surface area (Å²) in [5, 5.41) is 0. The normalized spacial score (nSPS) is 10.3. The summed E-state index contributed by atoms with van der Waals surface area (Å²) >= 11 is 0. The van der Waals surface area contributed by atoms with Crippen molar-refractivity contribution in [1.29, 1.82) is 0 Å². The van der Waals surface area contributed by atoms with E-state index in [1.165, 1.54) is 5.56 Å². The van der Waals surface area contributed by atoms with Crippen LogP contribution in [0.2, 0.25) is 0 Å². The van der Waals surface area contributed by atoms with Crippen LogP contribution < -0.4 is 9.47 Å². The quantitative estimate of drug-likeness (QED) is 0.478. The lowest BCUT2D eigenvalue weighted by atomic mass is 10.2. The van der Waals surface area contributed by atoms with Gasteiger partial charge in [0.2, 0.25) is 0 Å². The molecule has 0 saturated heterocycles. The van der Waals surface area contributed by atoms with Gasteiger partial charge in [-0.1, -0.05) is 54.1 Å². The number of rotatable bonds is 8. The molecule has 0 fully saturated rings. The Kier molecular flexibility index (Phi) is 7.11. The van der Waals surface area contributed by atoms with Gasteiger partial charge in [0.1, 0.15) is 31.3 Å². The second-order valence-electron chi connectivity index (χ2n) is 6.59. The largest absolute Gasteiger partial charge is 0.508 e. The fourth-order valence-corrected chi connectivity index (χ4v) is 2.58. The topological polar surface area (TPSA) is 54.0 Å². The van der Waals surface area contributed by atoms with Crippen LogP contribution in [0.25, 0.3) is 0 Å². The van der Waals surface area contributed by atoms with E-state index in [4.69, 9.17) is 18.9 Å². The molecule has 0 spiro atoms. The van der Waals surface area contributed by atoms with E-state index < -0.39 is 6.16 Å². The predicted molar refractivity (Wildman–Crippen MR) is 110 cm³/mol. The first-order chi connectivity index (χ1) is 14.1. The first-order valence-electron chi connectivity index (χ1n) is 9.32. The van der Waals surface area contributed by atoms with Crippen LogP contribution in [-0.2, 0) is 29.3 Å². The first kappa shape index (κ1) is 20.3. The third-order valence-electron chi connectivity index (χ3n) is 4.32. The summed E-state index contributed by atoms with van der Waals surface area (Å²) < 4.78 is 21.1. The van der Waals surface area contributed by atoms with Crippen LogP contribution in [0.15, 0.2) is 72.8 Å². The van der Waals surface area contributed by atoms with Crippen molar-refractivity contribution in [3.8, 4) is 11.5 Å². The Hall–Kier alpha value is -3.47. The molecular weight excluding hydrogens is 368 g/mol. The van der Waals surface area contributed by atoms with Crippen LogP contribution in [0.4, 0.5) is 4.79 Å². The molecule has 5 heteroatoms. The van der Waals surface area contributed by atoms with Crippen LogP contribution in [-0.4, -0.2) is 13.3 Å². The second-order valence-corrected chi connectivity index (χ2v) is 6.59. The maximum absolute atomic E-state index is 11.8. The Morgan fingerprint density at radius 3 is 1.62 bits per heavy atom. The van der Waals surface area contributed by atoms with Crippen LogP contribution in [0.5, 0.6) is 11.5 Å². The molecule has 0 aromatic heterocycles. The van der Waals surface area contributed by atoms with Crippen molar-refractivity contribution in [2.75, 3.05) is 7.11 Å². The molecule has 0 aliphatic rings. The molecule has 3 aromatic carbocycles. The predicted octanol–water partition coefficient (Wildman–Crippen LogP) is 5.44. The number of ether oxygens (including phenoxy) is 4. The van der Waals surface area contributed by atoms with Gasteiger partial charge in [0, 0.05) is 0 Å². The average Bonchev–Trinajstić information content (AvgIpc) is 2.77. The Bertz CT molecular complexity index is 900. The number of benzene rings is 3. The maximum atomic E-state index is 11.8. The summed E-state index contributed by atoms with van der Waals surface area (Å²) in [5.74, 6) is 1.51. The zero-order valence-electron chi connectivity index (χ0n) is 16.6. The van der Waals surface area contributed by atoms with Gasteiger partial charge < -0.3 is 18.9 Å². The number of aryl methyl sites for hydroxylation is 1. The zero-order chi connectivity index (χ0) is 20.5. The smallest absolute Gasteiger partial charge is 0.497 e. The lowest BCUT2D eigenvalue weighted by molar-refractivity contribution is 0.0446. The number of hydrogen-bond acceptors (Lipinski definition) is 5. The molecule has 0 bridgehead atoms. The number of carbonyl (C=O) groups excluding carboxylic acids is 1. The Morgan fingerprint density at radius 1 is 0.655 bits per heavy atom. The van der Waals surface area contributed by atoms with Crippen LogP contribution in [0.1, 0.15) is 22.3 Å². The lowest BCUT2D eigenvalue weighted by Gasteiger charge is -2.09. The van der Waals surface area contributed by atoms with Gasteiger partial charge in [-0.25, -0.2) is 4.79 Å². The Morgan fingerprint density at radius 2 is 1.10 bits per heavy atom. The highest BCUT2D eigenvalue weighted by Crippen LogP contribution is 2.16. The van der Waals surface area contributed by atoms with Gasteiger partial charge in [-0.05, 0) is 47.9 Å². The molecule has 0 aliphatic carbocycles. The molecule has 0 radical (unpaired) electrons. The number of carbonyl (C=O) groups is 1. The average molecular weight is 392 g/mol. The lowest BCUT2D eigenvalue weighted by Crippen LogP contribution is -2.07. The molecule has 3 aromatic rings. The first-order valence-corrected chi connectivity index (χ1v) is 9.32. The molecule has 0 saturated carbocycles. The second kappa shape index (κ2) is 10.2. The molecule has 150 valence electrons. The molecule has 0 heterocycles. The summed E-state index contributed by atoms with van der Waals surface area (Å²) in [6, 6.07) is 23.0. The van der Waals surface area contributed by atoms with Gasteiger partial charge >= 0.3 is 6.16 Å². The minimum atomic E-state index is -0.708. The van der Waals surface area contributed by atoms with Crippen LogP contribution in [0, 0.1) is 6.92 Å². The standard InChI is InChI=1S/C24H24O5/c1-18-3-5-19(6-4-18)15-27-23-13-9-21(10-14-23)17-29-24(25)28-16-20-7-11-22(26-2)12-8-20/h3-14H,15-17H2,1-2H3. The molecule has 29 heavy (non-hydrogen) atoms. The minimum Gasteiger partial charge on any atom is -0.497 e. The van der Waals surface area contributed by atoms with E-state index in [1.54, 1.807) is 7.11 Å². The molecule has 5 nitrogen and oxygen atoms in total. The van der Waals surface area contributed by atoms with Crippen molar-refractivity contribution >= 4 is 6.16 Å². The van der Waals surface area contributed by atoms with E-state index in [2.05, 4.69) is 31.2 Å². The summed E-state index contributed by atoms with van der Waals surface area (Å²) in [6.07, 6.45) is -0.708. The van der Waals surface area contributed by atoms with Gasteiger partial charge in [-0.2, -0.15) is 0 Å². The number of hydrogen-bond donors (Lipinski definition) is 0. The minimum absolute atomic E-state index is 0.139. The van der Waals surface area contributed by atoms with Crippen LogP contribution in [0.3, 0.4) is 0 Å². The molecule has 0 N–H and O–H groups in total. The van der Waals surface area contributed by atoms with Gasteiger partial charge in [-0.15, -0.1) is 0 Å². The van der Waals surface area contributed by atoms with E-state index >= 15 is 0 Å². The molecule has 3 rings (SSSR count). The van der Waals surface area contributed by atoms with Crippen molar-refractivity contribution < 1.29 is 23.7 Å². The fourth-order valence-electron chi connectivity index (χ4n) is 2.58. The Labute approximate surface area is 170 Å². The maximum Gasteiger partial charge on any atom is 0.508 e. The Balaban J connectivity index is 1.39. The highest BCUT2D eigenvalue weighted by Gasteiger charge is 2.06. The highest BCUT2D eigenvalue weighted by molar-refractivity contribution is 5.60. The van der Waals surface area contributed by atoms with E-state index in [-0.39, 0.29) is 13.2 Å². The summed E-state index contributed by atoms with van der Waals surface area (Å²) in [4.78, 5) is 11.8. The fraction of sp³-hybridized carbons (Fsp3) is 0.208. The third-order valence-corrected chi connectivity index (χ3v) is 4.32. The monoisotopic (exact) mass is 392 g/mol. The van der Waals surface area contributed by atoms with Gasteiger partial charge in [0.05, 0.1) is 7.11 Å². The molecular formula is C24H24O5.